The van der Waals surface area contributed by atoms with Crippen molar-refractivity contribution in [1.29, 1.82) is 5.26 Å². The zero-order chi connectivity index (χ0) is 17.6. The summed E-state index contributed by atoms with van der Waals surface area (Å²) in [5, 5.41) is 13.6. The average molecular weight is 329 g/mol. The normalized spacial score (nSPS) is 11.0. The molecule has 0 aliphatic rings. The van der Waals surface area contributed by atoms with E-state index in [1.54, 1.807) is 54.5 Å². The van der Waals surface area contributed by atoms with Crippen LogP contribution in [0.25, 0.3) is 11.8 Å². The number of carbonyl (C=O) groups is 1. The van der Waals surface area contributed by atoms with Crippen molar-refractivity contribution in [3.8, 4) is 17.5 Å². The first-order valence-electron chi connectivity index (χ1n) is 7.62. The van der Waals surface area contributed by atoms with Gasteiger partial charge in [0.05, 0.1) is 19.0 Å². The van der Waals surface area contributed by atoms with E-state index in [4.69, 9.17) is 4.74 Å². The zero-order valence-corrected chi connectivity index (χ0v) is 13.6. The Morgan fingerprint density at radius 2 is 1.88 bits per heavy atom. The highest BCUT2D eigenvalue weighted by Gasteiger charge is 2.13. The van der Waals surface area contributed by atoms with Crippen molar-refractivity contribution in [2.45, 2.75) is 0 Å². The Morgan fingerprint density at radius 3 is 2.52 bits per heavy atom. The van der Waals surface area contributed by atoms with Gasteiger partial charge in [0.1, 0.15) is 17.4 Å². The molecular formula is C20H15N3O2. The summed E-state index contributed by atoms with van der Waals surface area (Å²) in [5.74, 6) is 0.320. The summed E-state index contributed by atoms with van der Waals surface area (Å²) in [6, 6.07) is 18.2. The third-order valence-electron chi connectivity index (χ3n) is 3.65. The van der Waals surface area contributed by atoms with Crippen LogP contribution in [0, 0.1) is 11.3 Å². The maximum atomic E-state index is 12.5. The number of allylic oxidation sites excluding steroid dienone is 1. The molecule has 0 spiro atoms. The third-order valence-corrected chi connectivity index (χ3v) is 3.65. The third kappa shape index (κ3) is 3.65. The summed E-state index contributed by atoms with van der Waals surface area (Å²) in [6.07, 6.45) is 4.93. The molecule has 1 aromatic heterocycles. The van der Waals surface area contributed by atoms with Crippen LogP contribution in [-0.2, 0) is 0 Å². The lowest BCUT2D eigenvalue weighted by Gasteiger charge is -2.02. The highest BCUT2D eigenvalue weighted by Crippen LogP contribution is 2.17. The molecule has 2 aromatic carbocycles. The van der Waals surface area contributed by atoms with Gasteiger partial charge < -0.3 is 4.74 Å². The molecule has 25 heavy (non-hydrogen) atoms. The number of nitrogens with zero attached hydrogens (tertiary/aromatic N) is 3. The lowest BCUT2D eigenvalue weighted by molar-refractivity contribution is 0.104. The van der Waals surface area contributed by atoms with Crippen molar-refractivity contribution < 1.29 is 9.53 Å². The van der Waals surface area contributed by atoms with Gasteiger partial charge in [0, 0.05) is 17.3 Å². The van der Waals surface area contributed by atoms with E-state index in [-0.39, 0.29) is 11.4 Å². The summed E-state index contributed by atoms with van der Waals surface area (Å²) in [5.41, 5.74) is 2.08. The molecule has 5 nitrogen and oxygen atoms in total. The van der Waals surface area contributed by atoms with E-state index < -0.39 is 0 Å². The molecule has 0 aliphatic carbocycles. The minimum atomic E-state index is -0.336. The molecule has 0 unspecified atom stereocenters. The number of hydrogen-bond acceptors (Lipinski definition) is 4. The lowest BCUT2D eigenvalue weighted by Crippen LogP contribution is -2.01. The fourth-order valence-corrected chi connectivity index (χ4v) is 2.35. The van der Waals surface area contributed by atoms with Crippen molar-refractivity contribution in [2.75, 3.05) is 7.11 Å². The van der Waals surface area contributed by atoms with Crippen LogP contribution >= 0.6 is 0 Å². The van der Waals surface area contributed by atoms with E-state index in [2.05, 4.69) is 5.10 Å². The SMILES string of the molecule is COc1ccc(C(=O)/C(C#N)=C/c2cnn(-c3ccccc3)c2)cc1. The summed E-state index contributed by atoms with van der Waals surface area (Å²) in [4.78, 5) is 12.5. The number of nitriles is 1. The van der Waals surface area contributed by atoms with Gasteiger partial charge in [0.25, 0.3) is 0 Å². The van der Waals surface area contributed by atoms with Crippen LogP contribution in [0.5, 0.6) is 5.75 Å². The quantitative estimate of drug-likeness (QED) is 0.407. The van der Waals surface area contributed by atoms with Crippen LogP contribution in [0.1, 0.15) is 15.9 Å². The number of para-hydroxylation sites is 1. The number of rotatable bonds is 5. The molecule has 1 heterocycles. The summed E-state index contributed by atoms with van der Waals surface area (Å²) >= 11 is 0. The van der Waals surface area contributed by atoms with Gasteiger partial charge in [-0.3, -0.25) is 4.79 Å². The Kier molecular flexibility index (Phi) is 4.72. The van der Waals surface area contributed by atoms with Crippen molar-refractivity contribution in [2.24, 2.45) is 0 Å². The van der Waals surface area contributed by atoms with Gasteiger partial charge in [-0.1, -0.05) is 18.2 Å². The average Bonchev–Trinajstić information content (AvgIpc) is 3.15. The second-order valence-corrected chi connectivity index (χ2v) is 5.28. The van der Waals surface area contributed by atoms with E-state index in [9.17, 15) is 10.1 Å². The number of Topliss-reactive ketones (excluding diaryl/α,β-unsaturated/α-hetero) is 1. The van der Waals surface area contributed by atoms with Gasteiger partial charge in [-0.05, 0) is 42.5 Å². The molecule has 0 radical (unpaired) electrons. The van der Waals surface area contributed by atoms with E-state index in [1.165, 1.54) is 0 Å². The summed E-state index contributed by atoms with van der Waals surface area (Å²) < 4.78 is 6.77. The first-order valence-corrected chi connectivity index (χ1v) is 7.62. The maximum absolute atomic E-state index is 12.5. The van der Waals surface area contributed by atoms with Crippen molar-refractivity contribution in [3.05, 3.63) is 83.7 Å². The Labute approximate surface area is 145 Å². The number of hydrogen-bond donors (Lipinski definition) is 0. The van der Waals surface area contributed by atoms with Gasteiger partial charge >= 0.3 is 0 Å². The number of ether oxygens (including phenoxy) is 1. The molecule has 0 saturated carbocycles. The topological polar surface area (TPSA) is 67.9 Å². The minimum absolute atomic E-state index is 0.0535. The molecule has 0 amide bonds. The Balaban J connectivity index is 1.86. The van der Waals surface area contributed by atoms with Crippen LogP contribution in [-0.4, -0.2) is 22.7 Å². The number of carbonyl (C=O) groups excluding carboxylic acids is 1. The smallest absolute Gasteiger partial charge is 0.203 e. The minimum Gasteiger partial charge on any atom is -0.497 e. The van der Waals surface area contributed by atoms with E-state index in [0.29, 0.717) is 16.9 Å². The van der Waals surface area contributed by atoms with Crippen LogP contribution in [0.15, 0.2) is 72.6 Å². The Hall–Kier alpha value is -3.65. The summed E-state index contributed by atoms with van der Waals surface area (Å²) in [6.45, 7) is 0. The molecule has 5 heteroatoms. The van der Waals surface area contributed by atoms with Gasteiger partial charge in [-0.25, -0.2) is 4.68 Å². The molecule has 0 aliphatic heterocycles. The first kappa shape index (κ1) is 16.2. The molecule has 3 rings (SSSR count). The zero-order valence-electron chi connectivity index (χ0n) is 13.6. The Bertz CT molecular complexity index is 949. The number of aromatic nitrogens is 2. The van der Waals surface area contributed by atoms with E-state index in [0.717, 1.165) is 5.69 Å². The fraction of sp³-hybridized carbons (Fsp3) is 0.0500. The predicted molar refractivity (Wildman–Crippen MR) is 94.5 cm³/mol. The highest BCUT2D eigenvalue weighted by molar-refractivity contribution is 6.14. The second-order valence-electron chi connectivity index (χ2n) is 5.28. The second kappa shape index (κ2) is 7.28. The van der Waals surface area contributed by atoms with Crippen molar-refractivity contribution >= 4 is 11.9 Å². The van der Waals surface area contributed by atoms with Gasteiger partial charge in [-0.2, -0.15) is 10.4 Å². The van der Waals surface area contributed by atoms with E-state index >= 15 is 0 Å². The Morgan fingerprint density at radius 1 is 1.16 bits per heavy atom. The monoisotopic (exact) mass is 329 g/mol. The lowest BCUT2D eigenvalue weighted by atomic mass is 10.0. The molecule has 0 bridgehead atoms. The number of ketones is 1. The predicted octanol–water partition coefficient (Wildman–Crippen LogP) is 3.67. The fourth-order valence-electron chi connectivity index (χ4n) is 2.35. The van der Waals surface area contributed by atoms with Crippen molar-refractivity contribution in [3.63, 3.8) is 0 Å². The molecular weight excluding hydrogens is 314 g/mol. The largest absolute Gasteiger partial charge is 0.497 e. The molecule has 0 atom stereocenters. The van der Waals surface area contributed by atoms with Gasteiger partial charge in [0.15, 0.2) is 0 Å². The van der Waals surface area contributed by atoms with Gasteiger partial charge in [0.2, 0.25) is 5.78 Å². The standard InChI is InChI=1S/C20H15N3O2/c1-25-19-9-7-16(8-10-19)20(24)17(12-21)11-15-13-22-23(14-15)18-5-3-2-4-6-18/h2-11,13-14H,1H3/b17-11+. The highest BCUT2D eigenvalue weighted by atomic mass is 16.5. The molecule has 0 saturated heterocycles. The molecule has 122 valence electrons. The maximum Gasteiger partial charge on any atom is 0.203 e. The number of methoxy groups -OCH3 is 1. The van der Waals surface area contributed by atoms with Crippen LogP contribution in [0.2, 0.25) is 0 Å². The van der Waals surface area contributed by atoms with Gasteiger partial charge in [-0.15, -0.1) is 0 Å². The number of benzene rings is 2. The first-order chi connectivity index (χ1) is 12.2. The molecule has 3 aromatic rings. The summed E-state index contributed by atoms with van der Waals surface area (Å²) in [7, 11) is 1.56. The van der Waals surface area contributed by atoms with E-state index in [1.807, 2.05) is 36.4 Å². The van der Waals surface area contributed by atoms with Crippen molar-refractivity contribution in [1.82, 2.24) is 9.78 Å². The molecule has 0 fully saturated rings. The van der Waals surface area contributed by atoms with Crippen LogP contribution in [0.3, 0.4) is 0 Å². The molecule has 0 N–H and O–H groups in total. The van der Waals surface area contributed by atoms with Crippen LogP contribution in [0.4, 0.5) is 0 Å². The van der Waals surface area contributed by atoms with Crippen LogP contribution < -0.4 is 4.74 Å².